The van der Waals surface area contributed by atoms with Gasteiger partial charge >= 0.3 is 0 Å². The molecule has 1 N–H and O–H groups in total. The molecule has 0 aliphatic carbocycles. The van der Waals surface area contributed by atoms with E-state index in [0.717, 1.165) is 38.5 Å². The highest BCUT2D eigenvalue weighted by Crippen LogP contribution is 2.12. The van der Waals surface area contributed by atoms with E-state index < -0.39 is 0 Å². The minimum absolute atomic E-state index is 0.232. The molecular weight excluding hydrogens is 338 g/mol. The van der Waals surface area contributed by atoms with Gasteiger partial charge in [-0.15, -0.1) is 6.58 Å². The van der Waals surface area contributed by atoms with Crippen molar-refractivity contribution in [2.45, 2.75) is 0 Å². The minimum atomic E-state index is -0.232. The normalized spacial score (nSPS) is 15.0. The van der Waals surface area contributed by atoms with Crippen LogP contribution in [0.4, 0.5) is 5.82 Å². The average molecular weight is 363 g/mol. The second kappa shape index (κ2) is 9.64. The summed E-state index contributed by atoms with van der Waals surface area (Å²) in [4.78, 5) is 25.1. The van der Waals surface area contributed by atoms with Crippen LogP contribution in [0.1, 0.15) is 16.1 Å². The van der Waals surface area contributed by atoms with E-state index in [-0.39, 0.29) is 5.91 Å². The van der Waals surface area contributed by atoms with Crippen LogP contribution in [0, 0.1) is 0 Å². The molecule has 1 fully saturated rings. The van der Waals surface area contributed by atoms with Gasteiger partial charge in [0.05, 0.1) is 12.4 Å². The Balaban J connectivity index is 1.46. The van der Waals surface area contributed by atoms with Gasteiger partial charge in [0.15, 0.2) is 0 Å². The van der Waals surface area contributed by atoms with Gasteiger partial charge in [0, 0.05) is 39.3 Å². The lowest BCUT2D eigenvalue weighted by molar-refractivity contribution is 0.0952. The Labute approximate surface area is 160 Å². The lowest BCUT2D eigenvalue weighted by Crippen LogP contribution is -2.46. The van der Waals surface area contributed by atoms with E-state index in [1.165, 1.54) is 11.8 Å². The van der Waals surface area contributed by atoms with Crippen LogP contribution in [0.2, 0.25) is 0 Å². The number of amides is 1. The van der Waals surface area contributed by atoms with Crippen molar-refractivity contribution in [3.63, 3.8) is 0 Å². The van der Waals surface area contributed by atoms with Crippen LogP contribution in [0.15, 0.2) is 61.5 Å². The summed E-state index contributed by atoms with van der Waals surface area (Å²) >= 11 is 0. The van der Waals surface area contributed by atoms with E-state index in [1.54, 1.807) is 12.3 Å². The van der Waals surface area contributed by atoms with E-state index >= 15 is 0 Å². The third-order valence-corrected chi connectivity index (χ3v) is 4.45. The van der Waals surface area contributed by atoms with Crippen molar-refractivity contribution < 1.29 is 4.79 Å². The van der Waals surface area contributed by atoms with E-state index in [4.69, 9.17) is 0 Å². The highest BCUT2D eigenvalue weighted by Gasteiger charge is 2.18. The van der Waals surface area contributed by atoms with Gasteiger partial charge in [0.2, 0.25) is 0 Å². The number of benzene rings is 1. The number of anilines is 1. The van der Waals surface area contributed by atoms with Gasteiger partial charge in [-0.1, -0.05) is 48.6 Å². The van der Waals surface area contributed by atoms with Gasteiger partial charge in [-0.3, -0.25) is 9.69 Å². The standard InChI is InChI=1S/C21H25N5O/c1-2-10-22-21(27)19-16-24-20(17-23-19)26-14-12-25(13-15-26)11-6-9-18-7-4-3-5-8-18/h2-9,16-17H,1,10-15H2,(H,22,27)/b9-6+. The fourth-order valence-electron chi connectivity index (χ4n) is 2.92. The zero-order valence-electron chi connectivity index (χ0n) is 15.4. The van der Waals surface area contributed by atoms with Gasteiger partial charge in [0.25, 0.3) is 5.91 Å². The summed E-state index contributed by atoms with van der Waals surface area (Å²) in [5, 5.41) is 2.70. The molecule has 1 aromatic heterocycles. The van der Waals surface area contributed by atoms with Crippen LogP contribution in [0.25, 0.3) is 6.08 Å². The lowest BCUT2D eigenvalue weighted by atomic mass is 10.2. The second-order valence-electron chi connectivity index (χ2n) is 6.36. The van der Waals surface area contributed by atoms with Gasteiger partial charge in [-0.25, -0.2) is 9.97 Å². The van der Waals surface area contributed by atoms with Crippen molar-refractivity contribution in [2.75, 3.05) is 44.2 Å². The smallest absolute Gasteiger partial charge is 0.271 e. The predicted octanol–water partition coefficient (Wildman–Crippen LogP) is 2.23. The summed E-state index contributed by atoms with van der Waals surface area (Å²) in [5.74, 6) is 0.582. The van der Waals surface area contributed by atoms with Crippen LogP contribution in [0.3, 0.4) is 0 Å². The number of hydrogen-bond donors (Lipinski definition) is 1. The molecule has 3 rings (SSSR count). The molecule has 0 bridgehead atoms. The Morgan fingerprint density at radius 1 is 1.11 bits per heavy atom. The highest BCUT2D eigenvalue weighted by molar-refractivity contribution is 5.92. The SMILES string of the molecule is C=CCNC(=O)c1cnc(N2CCN(C/C=C/c3ccccc3)CC2)cn1. The van der Waals surface area contributed by atoms with Crippen molar-refractivity contribution in [1.29, 1.82) is 0 Å². The largest absolute Gasteiger partial charge is 0.353 e. The Morgan fingerprint density at radius 2 is 1.89 bits per heavy atom. The van der Waals surface area contributed by atoms with Crippen LogP contribution in [-0.4, -0.2) is 60.0 Å². The third kappa shape index (κ3) is 5.49. The van der Waals surface area contributed by atoms with E-state index in [1.807, 2.05) is 18.2 Å². The Hall–Kier alpha value is -2.99. The summed E-state index contributed by atoms with van der Waals surface area (Å²) in [6.07, 6.45) is 9.21. The quantitative estimate of drug-likeness (QED) is 0.765. The molecule has 0 spiro atoms. The fraction of sp³-hybridized carbons (Fsp3) is 0.286. The Bertz CT molecular complexity index is 765. The lowest BCUT2D eigenvalue weighted by Gasteiger charge is -2.34. The maximum absolute atomic E-state index is 11.8. The number of nitrogens with zero attached hydrogens (tertiary/aromatic N) is 4. The van der Waals surface area contributed by atoms with Crippen molar-refractivity contribution in [3.8, 4) is 0 Å². The van der Waals surface area contributed by atoms with Crippen LogP contribution < -0.4 is 10.2 Å². The van der Waals surface area contributed by atoms with Gasteiger partial charge in [-0.2, -0.15) is 0 Å². The number of aromatic nitrogens is 2. The van der Waals surface area contributed by atoms with Gasteiger partial charge < -0.3 is 10.2 Å². The first-order chi connectivity index (χ1) is 13.3. The third-order valence-electron chi connectivity index (χ3n) is 4.45. The van der Waals surface area contributed by atoms with Gasteiger partial charge in [0.1, 0.15) is 11.5 Å². The molecule has 0 saturated carbocycles. The van der Waals surface area contributed by atoms with Crippen molar-refractivity contribution in [1.82, 2.24) is 20.2 Å². The van der Waals surface area contributed by atoms with Gasteiger partial charge in [-0.05, 0) is 5.56 Å². The number of rotatable bonds is 7. The summed E-state index contributed by atoms with van der Waals surface area (Å²) in [6, 6.07) is 10.3. The maximum Gasteiger partial charge on any atom is 0.271 e. The molecule has 1 aromatic carbocycles. The van der Waals surface area contributed by atoms with Crippen LogP contribution >= 0.6 is 0 Å². The Morgan fingerprint density at radius 3 is 2.56 bits per heavy atom. The molecule has 1 saturated heterocycles. The van der Waals surface area contributed by atoms with Crippen molar-refractivity contribution in [2.24, 2.45) is 0 Å². The molecule has 0 atom stereocenters. The number of hydrogen-bond acceptors (Lipinski definition) is 5. The molecular formula is C21H25N5O. The molecule has 1 amide bonds. The minimum Gasteiger partial charge on any atom is -0.353 e. The fourth-order valence-corrected chi connectivity index (χ4v) is 2.92. The average Bonchev–Trinajstić information content (AvgIpc) is 2.73. The number of piperazine rings is 1. The first-order valence-electron chi connectivity index (χ1n) is 9.16. The molecule has 2 heterocycles. The summed E-state index contributed by atoms with van der Waals surface area (Å²) in [5.41, 5.74) is 1.55. The highest BCUT2D eigenvalue weighted by atomic mass is 16.1. The zero-order valence-corrected chi connectivity index (χ0v) is 15.4. The molecule has 0 radical (unpaired) electrons. The molecule has 0 unspecified atom stereocenters. The molecule has 6 heteroatoms. The Kier molecular flexibility index (Phi) is 6.71. The first-order valence-corrected chi connectivity index (χ1v) is 9.16. The molecule has 27 heavy (non-hydrogen) atoms. The zero-order chi connectivity index (χ0) is 18.9. The number of nitrogens with one attached hydrogen (secondary N) is 1. The van der Waals surface area contributed by atoms with Crippen molar-refractivity contribution in [3.05, 3.63) is 72.7 Å². The van der Waals surface area contributed by atoms with E-state index in [0.29, 0.717) is 12.2 Å². The molecule has 140 valence electrons. The van der Waals surface area contributed by atoms with E-state index in [2.05, 4.69) is 55.9 Å². The summed E-state index contributed by atoms with van der Waals surface area (Å²) < 4.78 is 0. The monoisotopic (exact) mass is 363 g/mol. The van der Waals surface area contributed by atoms with Crippen LogP contribution in [-0.2, 0) is 0 Å². The summed E-state index contributed by atoms with van der Waals surface area (Å²) in [6.45, 7) is 8.68. The second-order valence-corrected chi connectivity index (χ2v) is 6.36. The molecule has 1 aliphatic rings. The molecule has 6 nitrogen and oxygen atoms in total. The number of carbonyl (C=O) groups excluding carboxylic acids is 1. The topological polar surface area (TPSA) is 61.4 Å². The van der Waals surface area contributed by atoms with E-state index in [9.17, 15) is 4.79 Å². The molecule has 2 aromatic rings. The summed E-state index contributed by atoms with van der Waals surface area (Å²) in [7, 11) is 0. The first kappa shape index (κ1) is 18.8. The number of carbonyl (C=O) groups is 1. The predicted molar refractivity (Wildman–Crippen MR) is 109 cm³/mol. The molecule has 1 aliphatic heterocycles. The maximum atomic E-state index is 11.8. The van der Waals surface area contributed by atoms with Crippen molar-refractivity contribution >= 4 is 17.8 Å². The van der Waals surface area contributed by atoms with Crippen LogP contribution in [0.5, 0.6) is 0 Å².